The Hall–Kier alpha value is -0.940. The van der Waals surface area contributed by atoms with Crippen LogP contribution in [0.2, 0.25) is 0 Å². The van der Waals surface area contributed by atoms with Gasteiger partial charge in [0.1, 0.15) is 12.1 Å². The van der Waals surface area contributed by atoms with E-state index >= 15 is 0 Å². The number of quaternary nitrogens is 1. The fourth-order valence-electron chi connectivity index (χ4n) is 2.79. The molecule has 110 valence electrons. The van der Waals surface area contributed by atoms with Gasteiger partial charge in [-0.2, -0.15) is 4.48 Å². The third kappa shape index (κ3) is 3.15. The van der Waals surface area contributed by atoms with Crippen LogP contribution in [0.1, 0.15) is 52.9 Å². The van der Waals surface area contributed by atoms with Gasteiger partial charge in [0, 0.05) is 19.4 Å². The first-order valence-electron chi connectivity index (χ1n) is 7.46. The fraction of sp³-hybridized carbons (Fsp3) is 0.857. The predicted octanol–water partition coefficient (Wildman–Crippen LogP) is 1.76. The van der Waals surface area contributed by atoms with Gasteiger partial charge in [0.05, 0.1) is 6.54 Å². The van der Waals surface area contributed by atoms with Gasteiger partial charge in [-0.25, -0.2) is 9.59 Å². The van der Waals surface area contributed by atoms with E-state index in [2.05, 4.69) is 12.2 Å². The quantitative estimate of drug-likeness (QED) is 0.590. The summed E-state index contributed by atoms with van der Waals surface area (Å²) in [7, 11) is 0. The van der Waals surface area contributed by atoms with Crippen LogP contribution in [0.15, 0.2) is 0 Å². The third-order valence-corrected chi connectivity index (χ3v) is 4.20. The number of hydrogen-bond donors (Lipinski definition) is 2. The minimum atomic E-state index is -0.544. The lowest BCUT2D eigenvalue weighted by molar-refractivity contribution is -0.785. The van der Waals surface area contributed by atoms with Crippen LogP contribution >= 0.6 is 0 Å². The van der Waals surface area contributed by atoms with Crippen LogP contribution in [0.5, 0.6) is 0 Å². The number of carbonyl (C=O) groups is 2. The van der Waals surface area contributed by atoms with Crippen molar-refractivity contribution in [2.75, 3.05) is 13.1 Å². The molecule has 5 heteroatoms. The van der Waals surface area contributed by atoms with Crippen LogP contribution in [-0.4, -0.2) is 41.6 Å². The van der Waals surface area contributed by atoms with Crippen molar-refractivity contribution in [1.82, 2.24) is 5.32 Å². The molecular weight excluding hydrogens is 242 g/mol. The molecule has 1 saturated heterocycles. The summed E-state index contributed by atoms with van der Waals surface area (Å²) < 4.78 is -0.0985. The largest absolute Gasteiger partial charge is 0.424 e. The van der Waals surface area contributed by atoms with E-state index < -0.39 is 6.04 Å². The SMILES string of the molecule is CCCCNC(=O)[N+]1(C(=O)[C@@H](N)CC)CCC[C@H]1C. The van der Waals surface area contributed by atoms with E-state index in [0.29, 0.717) is 19.5 Å². The summed E-state index contributed by atoms with van der Waals surface area (Å²) in [6.07, 6.45) is 4.36. The van der Waals surface area contributed by atoms with Crippen molar-refractivity contribution in [3.05, 3.63) is 0 Å². The van der Waals surface area contributed by atoms with Crippen LogP contribution < -0.4 is 11.1 Å². The smallest absolute Gasteiger partial charge is 0.316 e. The van der Waals surface area contributed by atoms with Gasteiger partial charge in [0.25, 0.3) is 0 Å². The maximum atomic E-state index is 12.6. The normalized spacial score (nSPS) is 28.1. The summed E-state index contributed by atoms with van der Waals surface area (Å²) in [5.41, 5.74) is 5.89. The standard InChI is InChI=1S/C14H27N3O2/c1-4-6-9-16-14(19)17(10-7-8-11(17)3)13(18)12(15)5-2/h11-12H,4-10,15H2,1-3H3/p+1/t11-,12+,17?/m1/s1. The minimum Gasteiger partial charge on any atom is -0.316 e. The zero-order valence-electron chi connectivity index (χ0n) is 12.4. The molecule has 3 amide bonds. The average molecular weight is 270 g/mol. The average Bonchev–Trinajstić information content (AvgIpc) is 2.80. The van der Waals surface area contributed by atoms with Gasteiger partial charge in [-0.3, -0.25) is 0 Å². The highest BCUT2D eigenvalue weighted by molar-refractivity contribution is 5.87. The number of unbranched alkanes of at least 4 members (excludes halogenated alkanes) is 1. The molecule has 0 bridgehead atoms. The summed E-state index contributed by atoms with van der Waals surface area (Å²) in [5.74, 6) is -0.124. The van der Waals surface area contributed by atoms with Crippen molar-refractivity contribution in [1.29, 1.82) is 0 Å². The molecule has 0 aromatic heterocycles. The molecule has 0 radical (unpaired) electrons. The summed E-state index contributed by atoms with van der Waals surface area (Å²) in [5, 5.41) is 2.91. The molecule has 1 heterocycles. The van der Waals surface area contributed by atoms with E-state index in [1.54, 1.807) is 0 Å². The predicted molar refractivity (Wildman–Crippen MR) is 75.4 cm³/mol. The Bertz CT molecular complexity index is 333. The Balaban J connectivity index is 2.88. The maximum Gasteiger partial charge on any atom is 0.424 e. The highest BCUT2D eigenvalue weighted by Crippen LogP contribution is 2.29. The first-order valence-corrected chi connectivity index (χ1v) is 7.46. The molecule has 0 aliphatic carbocycles. The van der Waals surface area contributed by atoms with Crippen molar-refractivity contribution in [3.8, 4) is 0 Å². The summed E-state index contributed by atoms with van der Waals surface area (Å²) in [6.45, 7) is 7.16. The lowest BCUT2D eigenvalue weighted by Crippen LogP contribution is -2.66. The van der Waals surface area contributed by atoms with Crippen molar-refractivity contribution < 1.29 is 14.1 Å². The molecule has 0 aromatic rings. The Morgan fingerprint density at radius 3 is 2.58 bits per heavy atom. The second-order valence-electron chi connectivity index (χ2n) is 5.52. The highest BCUT2D eigenvalue weighted by Gasteiger charge is 2.53. The molecule has 5 nitrogen and oxygen atoms in total. The Morgan fingerprint density at radius 1 is 1.42 bits per heavy atom. The maximum absolute atomic E-state index is 12.6. The van der Waals surface area contributed by atoms with Gasteiger partial charge in [0.15, 0.2) is 0 Å². The van der Waals surface area contributed by atoms with Crippen LogP contribution in [0, 0.1) is 0 Å². The number of hydrogen-bond acceptors (Lipinski definition) is 3. The van der Waals surface area contributed by atoms with Crippen LogP contribution in [0.25, 0.3) is 0 Å². The van der Waals surface area contributed by atoms with E-state index in [9.17, 15) is 9.59 Å². The second-order valence-corrected chi connectivity index (χ2v) is 5.52. The van der Waals surface area contributed by atoms with E-state index in [-0.39, 0.29) is 22.5 Å². The number of likely N-dealkylation sites (tertiary alicyclic amines) is 1. The molecule has 1 aliphatic heterocycles. The number of nitrogens with two attached hydrogens (primary N) is 1. The van der Waals surface area contributed by atoms with Crippen molar-refractivity contribution >= 4 is 11.9 Å². The fourth-order valence-corrected chi connectivity index (χ4v) is 2.79. The molecule has 0 saturated carbocycles. The van der Waals surface area contributed by atoms with Gasteiger partial charge in [-0.05, 0) is 19.8 Å². The van der Waals surface area contributed by atoms with Crippen LogP contribution in [-0.2, 0) is 4.79 Å². The van der Waals surface area contributed by atoms with Gasteiger partial charge in [-0.15, -0.1) is 0 Å². The third-order valence-electron chi connectivity index (χ3n) is 4.20. The highest BCUT2D eigenvalue weighted by atomic mass is 16.2. The van der Waals surface area contributed by atoms with Crippen LogP contribution in [0.4, 0.5) is 4.79 Å². The molecule has 1 unspecified atom stereocenters. The Morgan fingerprint density at radius 2 is 2.11 bits per heavy atom. The van der Waals surface area contributed by atoms with Crippen molar-refractivity contribution in [2.24, 2.45) is 5.73 Å². The topological polar surface area (TPSA) is 72.2 Å². The summed E-state index contributed by atoms with van der Waals surface area (Å²) >= 11 is 0. The van der Waals surface area contributed by atoms with Gasteiger partial charge < -0.3 is 11.1 Å². The molecule has 1 aliphatic rings. The molecule has 0 spiro atoms. The monoisotopic (exact) mass is 270 g/mol. The first-order chi connectivity index (χ1) is 9.00. The molecular formula is C14H28N3O2+. The van der Waals surface area contributed by atoms with E-state index in [0.717, 1.165) is 25.7 Å². The van der Waals surface area contributed by atoms with Gasteiger partial charge in [-0.1, -0.05) is 20.3 Å². The molecule has 1 rings (SSSR count). The Labute approximate surface area is 116 Å². The van der Waals surface area contributed by atoms with E-state index in [1.807, 2.05) is 13.8 Å². The molecule has 0 aromatic carbocycles. The van der Waals surface area contributed by atoms with Crippen molar-refractivity contribution in [2.45, 2.75) is 65.0 Å². The van der Waals surface area contributed by atoms with Gasteiger partial charge in [0.2, 0.25) is 0 Å². The van der Waals surface area contributed by atoms with Crippen molar-refractivity contribution in [3.63, 3.8) is 0 Å². The van der Waals surface area contributed by atoms with Gasteiger partial charge >= 0.3 is 11.9 Å². The molecule has 3 atom stereocenters. The van der Waals surface area contributed by atoms with Crippen LogP contribution in [0.3, 0.4) is 0 Å². The van der Waals surface area contributed by atoms with E-state index in [4.69, 9.17) is 5.73 Å². The number of rotatable bonds is 5. The molecule has 1 fully saturated rings. The lowest BCUT2D eigenvalue weighted by Gasteiger charge is -2.34. The number of imide groups is 1. The number of nitrogens with zero attached hydrogens (tertiary/aromatic N) is 1. The molecule has 3 N–H and O–H groups in total. The van der Waals surface area contributed by atoms with E-state index in [1.165, 1.54) is 0 Å². The lowest BCUT2D eigenvalue weighted by atomic mass is 10.1. The molecule has 19 heavy (non-hydrogen) atoms. The number of amides is 3. The number of urea groups is 1. The zero-order chi connectivity index (χ0) is 14.5. The number of nitrogens with one attached hydrogen (secondary N) is 1. The zero-order valence-corrected chi connectivity index (χ0v) is 12.4. The first kappa shape index (κ1) is 16.1. The number of carbonyl (C=O) groups excluding carboxylic acids is 2. The Kier molecular flexibility index (Phi) is 5.94. The summed E-state index contributed by atoms with van der Waals surface area (Å²) in [6, 6.07) is -0.670. The minimum absolute atomic E-state index is 0.0340. The summed E-state index contributed by atoms with van der Waals surface area (Å²) in [4.78, 5) is 25.1. The second kappa shape index (κ2) is 7.01.